The van der Waals surface area contributed by atoms with Crippen LogP contribution >= 0.6 is 0 Å². The van der Waals surface area contributed by atoms with Crippen LogP contribution in [0.2, 0.25) is 0 Å². The maximum Gasteiger partial charge on any atom is 0.573 e. The number of likely N-dealkylation sites (tertiary alicyclic amines) is 1. The number of alkyl halides is 3. The Hall–Kier alpha value is -3.06. The number of para-hydroxylation sites is 1. The third-order valence-electron chi connectivity index (χ3n) is 6.33. The van der Waals surface area contributed by atoms with Crippen molar-refractivity contribution >= 4 is 11.8 Å². The summed E-state index contributed by atoms with van der Waals surface area (Å²) < 4.78 is 42.0. The van der Waals surface area contributed by atoms with Crippen molar-refractivity contribution in [2.75, 3.05) is 30.3 Å². The second-order valence-electron chi connectivity index (χ2n) is 8.52. The van der Waals surface area contributed by atoms with Crippen LogP contribution in [0.5, 0.6) is 5.75 Å². The molecule has 33 heavy (non-hydrogen) atoms. The number of aromatic nitrogens is 2. The third-order valence-corrected chi connectivity index (χ3v) is 6.33. The van der Waals surface area contributed by atoms with Crippen molar-refractivity contribution in [3.05, 3.63) is 41.6 Å². The molecule has 2 fully saturated rings. The molecule has 7 nitrogen and oxygen atoms in total. The van der Waals surface area contributed by atoms with E-state index >= 15 is 0 Å². The minimum absolute atomic E-state index is 0.0398. The van der Waals surface area contributed by atoms with Crippen LogP contribution in [0.15, 0.2) is 30.5 Å². The predicted molar refractivity (Wildman–Crippen MR) is 118 cm³/mol. The van der Waals surface area contributed by atoms with Crippen LogP contribution in [0.1, 0.15) is 43.2 Å². The first-order valence-electron chi connectivity index (χ1n) is 11.2. The molecule has 1 aliphatic carbocycles. The Bertz CT molecular complexity index is 981. The first-order chi connectivity index (χ1) is 15.9. The van der Waals surface area contributed by atoms with Gasteiger partial charge >= 0.3 is 6.36 Å². The fourth-order valence-electron chi connectivity index (χ4n) is 4.39. The summed E-state index contributed by atoms with van der Waals surface area (Å²) in [6.07, 6.45) is 2.64. The Morgan fingerprint density at radius 2 is 1.88 bits per heavy atom. The summed E-state index contributed by atoms with van der Waals surface area (Å²) in [7, 11) is 0. The monoisotopic (exact) mass is 460 g/mol. The van der Waals surface area contributed by atoms with Crippen molar-refractivity contribution < 1.29 is 17.9 Å². The zero-order valence-electron chi connectivity index (χ0n) is 18.2. The number of nitrogens with one attached hydrogen (secondary N) is 2. The second kappa shape index (κ2) is 10.3. The summed E-state index contributed by atoms with van der Waals surface area (Å²) >= 11 is 0. The van der Waals surface area contributed by atoms with Crippen molar-refractivity contribution in [2.24, 2.45) is 5.92 Å². The van der Waals surface area contributed by atoms with Crippen LogP contribution in [0.25, 0.3) is 0 Å². The quantitative estimate of drug-likeness (QED) is 0.598. The van der Waals surface area contributed by atoms with Gasteiger partial charge in [-0.3, -0.25) is 0 Å². The fourth-order valence-corrected chi connectivity index (χ4v) is 4.39. The van der Waals surface area contributed by atoms with Gasteiger partial charge in [0.25, 0.3) is 0 Å². The van der Waals surface area contributed by atoms with Gasteiger partial charge in [-0.1, -0.05) is 18.2 Å². The van der Waals surface area contributed by atoms with Gasteiger partial charge in [0.2, 0.25) is 5.95 Å². The Kier molecular flexibility index (Phi) is 7.18. The van der Waals surface area contributed by atoms with E-state index in [0.717, 1.165) is 19.4 Å². The van der Waals surface area contributed by atoms with Crippen LogP contribution in [0, 0.1) is 17.2 Å². The average molecular weight is 461 g/mol. The highest BCUT2D eigenvalue weighted by molar-refractivity contribution is 5.53. The lowest BCUT2D eigenvalue weighted by Crippen LogP contribution is -2.46. The molecule has 0 atom stereocenters. The zero-order chi connectivity index (χ0) is 23.3. The molecule has 0 radical (unpaired) electrons. The molecule has 2 heterocycles. The minimum Gasteiger partial charge on any atom is -0.405 e. The molecule has 0 amide bonds. The van der Waals surface area contributed by atoms with E-state index in [1.807, 2.05) is 0 Å². The zero-order valence-corrected chi connectivity index (χ0v) is 18.2. The Balaban J connectivity index is 1.34. The van der Waals surface area contributed by atoms with Gasteiger partial charge in [0, 0.05) is 24.7 Å². The maximum atomic E-state index is 12.6. The van der Waals surface area contributed by atoms with E-state index in [2.05, 4.69) is 36.3 Å². The van der Waals surface area contributed by atoms with Gasteiger partial charge in [-0.25, -0.2) is 4.98 Å². The van der Waals surface area contributed by atoms with Crippen molar-refractivity contribution in [1.82, 2.24) is 14.9 Å². The molecule has 1 aliphatic heterocycles. The Labute approximate surface area is 191 Å². The lowest BCUT2D eigenvalue weighted by molar-refractivity contribution is -0.274. The number of nitriles is 1. The average Bonchev–Trinajstić information content (AvgIpc) is 2.76. The standard InChI is InChI=1S/C23H27F3N6O/c24-23(25,26)33-20-5-2-1-4-17(20)14-29-22-30-15-18(12-27)21(31-22)28-13-16-6-8-19(9-7-16)32-10-3-11-32/h1-2,4-5,15-16,19H,3,6-11,13-14H2,(H2,28,29,30,31)/t16-,19-. The highest BCUT2D eigenvalue weighted by Crippen LogP contribution is 2.30. The predicted octanol–water partition coefficient (Wildman–Crippen LogP) is 4.54. The lowest BCUT2D eigenvalue weighted by atomic mass is 9.84. The fraction of sp³-hybridized carbons (Fsp3) is 0.522. The minimum atomic E-state index is -4.77. The number of nitrogens with zero attached hydrogens (tertiary/aromatic N) is 4. The highest BCUT2D eigenvalue weighted by Gasteiger charge is 2.32. The summed E-state index contributed by atoms with van der Waals surface area (Å²) in [5, 5.41) is 15.6. The van der Waals surface area contributed by atoms with Crippen molar-refractivity contribution in [3.63, 3.8) is 0 Å². The van der Waals surface area contributed by atoms with Crippen molar-refractivity contribution in [2.45, 2.75) is 51.1 Å². The van der Waals surface area contributed by atoms with Gasteiger partial charge in [-0.2, -0.15) is 10.2 Å². The molecular formula is C23H27F3N6O. The van der Waals surface area contributed by atoms with Crippen LogP contribution in [-0.2, 0) is 6.54 Å². The van der Waals surface area contributed by atoms with Gasteiger partial charge in [0.05, 0.1) is 6.20 Å². The molecule has 2 aromatic rings. The molecule has 1 aromatic heterocycles. The maximum absolute atomic E-state index is 12.6. The van der Waals surface area contributed by atoms with Gasteiger partial charge in [-0.05, 0) is 57.2 Å². The number of hydrogen-bond donors (Lipinski definition) is 2. The van der Waals surface area contributed by atoms with E-state index in [9.17, 15) is 18.4 Å². The Morgan fingerprint density at radius 3 is 2.55 bits per heavy atom. The summed E-state index contributed by atoms with van der Waals surface area (Å²) in [5.41, 5.74) is 0.645. The number of ether oxygens (including phenoxy) is 1. The van der Waals surface area contributed by atoms with Gasteiger partial charge in [-0.15, -0.1) is 13.2 Å². The van der Waals surface area contributed by atoms with Crippen LogP contribution in [0.3, 0.4) is 0 Å². The highest BCUT2D eigenvalue weighted by atomic mass is 19.4. The molecule has 1 saturated heterocycles. The SMILES string of the molecule is N#Cc1cnc(NCc2ccccc2OC(F)(F)F)nc1NC[C@H]1CC[C@H](N2CCC2)CC1. The third kappa shape index (κ3) is 6.26. The van der Waals surface area contributed by atoms with E-state index in [1.54, 1.807) is 6.07 Å². The Morgan fingerprint density at radius 1 is 1.12 bits per heavy atom. The molecular weight excluding hydrogens is 433 g/mol. The summed E-state index contributed by atoms with van der Waals surface area (Å²) in [6, 6.07) is 8.70. The number of anilines is 2. The molecule has 176 valence electrons. The van der Waals surface area contributed by atoms with Crippen LogP contribution in [0.4, 0.5) is 24.9 Å². The number of benzene rings is 1. The first-order valence-corrected chi connectivity index (χ1v) is 11.2. The molecule has 0 spiro atoms. The normalized spacial score (nSPS) is 21.0. The van der Waals surface area contributed by atoms with Crippen LogP contribution in [-0.4, -0.2) is 46.9 Å². The summed E-state index contributed by atoms with van der Waals surface area (Å²) in [4.78, 5) is 11.1. The lowest BCUT2D eigenvalue weighted by Gasteiger charge is -2.42. The first kappa shape index (κ1) is 23.1. The molecule has 0 bridgehead atoms. The van der Waals surface area contributed by atoms with Gasteiger partial charge in [0.1, 0.15) is 23.2 Å². The van der Waals surface area contributed by atoms with Crippen LogP contribution < -0.4 is 15.4 Å². The van der Waals surface area contributed by atoms with E-state index < -0.39 is 6.36 Å². The van der Waals surface area contributed by atoms with E-state index in [-0.39, 0.29) is 18.2 Å². The largest absolute Gasteiger partial charge is 0.573 e. The molecule has 2 aliphatic rings. The van der Waals surface area contributed by atoms with E-state index in [1.165, 1.54) is 56.7 Å². The topological polar surface area (TPSA) is 86.1 Å². The van der Waals surface area contributed by atoms with Gasteiger partial charge in [0.15, 0.2) is 0 Å². The van der Waals surface area contributed by atoms with Gasteiger partial charge < -0.3 is 20.3 Å². The number of halogens is 3. The molecule has 1 saturated carbocycles. The second-order valence-corrected chi connectivity index (χ2v) is 8.52. The van der Waals surface area contributed by atoms with Crippen molar-refractivity contribution in [1.29, 1.82) is 5.26 Å². The number of rotatable bonds is 8. The van der Waals surface area contributed by atoms with Crippen molar-refractivity contribution in [3.8, 4) is 11.8 Å². The molecule has 0 unspecified atom stereocenters. The van der Waals surface area contributed by atoms with E-state index in [0.29, 0.717) is 28.9 Å². The molecule has 10 heteroatoms. The summed E-state index contributed by atoms with van der Waals surface area (Å²) in [5.74, 6) is 0.893. The molecule has 1 aromatic carbocycles. The number of hydrogen-bond acceptors (Lipinski definition) is 7. The summed E-state index contributed by atoms with van der Waals surface area (Å²) in [6.45, 7) is 3.21. The molecule has 4 rings (SSSR count). The van der Waals surface area contributed by atoms with E-state index in [4.69, 9.17) is 0 Å². The molecule has 2 N–H and O–H groups in total. The smallest absolute Gasteiger partial charge is 0.405 e.